The molecule has 0 N–H and O–H groups in total. The molecule has 1 aromatic carbocycles. The third-order valence-corrected chi connectivity index (χ3v) is 2.71. The van der Waals surface area contributed by atoms with Crippen LogP contribution in [0.2, 0.25) is 0 Å². The average molecular weight is 312 g/mol. The van der Waals surface area contributed by atoms with Crippen molar-refractivity contribution in [2.24, 2.45) is 0 Å². The van der Waals surface area contributed by atoms with Crippen LogP contribution in [0.15, 0.2) is 41.0 Å². The molecule has 0 heterocycles. The lowest BCUT2D eigenvalue weighted by Crippen LogP contribution is -2.32. The summed E-state index contributed by atoms with van der Waals surface area (Å²) in [6, 6.07) is 7.00. The Morgan fingerprint density at radius 3 is 2.33 bits per heavy atom. The molecule has 0 aromatic heterocycles. The van der Waals surface area contributed by atoms with Gasteiger partial charge in [0.1, 0.15) is 5.70 Å². The third kappa shape index (κ3) is 3.43. The number of esters is 1. The van der Waals surface area contributed by atoms with Crippen LogP contribution in [-0.4, -0.2) is 18.5 Å². The van der Waals surface area contributed by atoms with Crippen molar-refractivity contribution in [2.75, 3.05) is 11.5 Å². The third-order valence-electron chi connectivity index (χ3n) is 2.18. The molecule has 0 bridgehead atoms. The summed E-state index contributed by atoms with van der Waals surface area (Å²) in [6.07, 6.45) is 0. The standard InChI is InChI=1S/C13H14BrNO3/c1-4-18-13(17)9(2)15(10(3)16)12-7-5-11(14)6-8-12/h5-8H,2,4H2,1,3H3. The first-order valence-electron chi connectivity index (χ1n) is 5.39. The van der Waals surface area contributed by atoms with Crippen molar-refractivity contribution in [3.05, 3.63) is 41.0 Å². The molecule has 0 aliphatic carbocycles. The molecule has 1 aromatic rings. The van der Waals surface area contributed by atoms with Gasteiger partial charge in [-0.25, -0.2) is 4.79 Å². The van der Waals surface area contributed by atoms with Crippen molar-refractivity contribution < 1.29 is 14.3 Å². The maximum Gasteiger partial charge on any atom is 0.354 e. The summed E-state index contributed by atoms with van der Waals surface area (Å²) in [6.45, 7) is 6.92. The van der Waals surface area contributed by atoms with Crippen molar-refractivity contribution in [3.63, 3.8) is 0 Å². The Balaban J connectivity index is 3.03. The van der Waals surface area contributed by atoms with E-state index in [0.29, 0.717) is 5.69 Å². The molecule has 0 spiro atoms. The monoisotopic (exact) mass is 311 g/mol. The van der Waals surface area contributed by atoms with Crippen LogP contribution in [0.25, 0.3) is 0 Å². The highest BCUT2D eigenvalue weighted by Gasteiger charge is 2.21. The SMILES string of the molecule is C=C(C(=O)OCC)N(C(C)=O)c1ccc(Br)cc1. The molecule has 1 amide bonds. The zero-order chi connectivity index (χ0) is 13.7. The molecular formula is C13H14BrNO3. The van der Waals surface area contributed by atoms with Crippen LogP contribution in [0, 0.1) is 0 Å². The number of carbonyl (C=O) groups is 2. The van der Waals surface area contributed by atoms with Crippen LogP contribution >= 0.6 is 15.9 Å². The predicted octanol–water partition coefficient (Wildman–Crippen LogP) is 2.88. The van der Waals surface area contributed by atoms with Crippen molar-refractivity contribution in [3.8, 4) is 0 Å². The molecule has 0 aliphatic heterocycles. The van der Waals surface area contributed by atoms with Crippen LogP contribution < -0.4 is 4.90 Å². The van der Waals surface area contributed by atoms with Gasteiger partial charge in [0.05, 0.1) is 6.61 Å². The summed E-state index contributed by atoms with van der Waals surface area (Å²) >= 11 is 3.30. The number of rotatable bonds is 4. The number of benzene rings is 1. The Hall–Kier alpha value is -1.62. The highest BCUT2D eigenvalue weighted by Crippen LogP contribution is 2.22. The summed E-state index contributed by atoms with van der Waals surface area (Å²) in [5.41, 5.74) is 0.579. The van der Waals surface area contributed by atoms with Gasteiger partial charge in [-0.1, -0.05) is 22.5 Å². The van der Waals surface area contributed by atoms with Gasteiger partial charge >= 0.3 is 5.97 Å². The summed E-state index contributed by atoms with van der Waals surface area (Å²) in [5, 5.41) is 0. The zero-order valence-electron chi connectivity index (χ0n) is 10.3. The molecule has 0 radical (unpaired) electrons. The molecule has 4 nitrogen and oxygen atoms in total. The van der Waals surface area contributed by atoms with Gasteiger partial charge < -0.3 is 4.74 Å². The fourth-order valence-electron chi connectivity index (χ4n) is 1.42. The van der Waals surface area contributed by atoms with Crippen LogP contribution in [0.4, 0.5) is 5.69 Å². The zero-order valence-corrected chi connectivity index (χ0v) is 11.9. The number of nitrogens with zero attached hydrogens (tertiary/aromatic N) is 1. The van der Waals surface area contributed by atoms with E-state index in [4.69, 9.17) is 4.74 Å². The van der Waals surface area contributed by atoms with Crippen molar-refractivity contribution >= 4 is 33.5 Å². The molecule has 5 heteroatoms. The first-order chi connectivity index (χ1) is 8.47. The molecule has 0 saturated heterocycles. The molecule has 18 heavy (non-hydrogen) atoms. The normalized spacial score (nSPS) is 9.72. The van der Waals surface area contributed by atoms with Gasteiger partial charge in [-0.15, -0.1) is 0 Å². The van der Waals surface area contributed by atoms with Crippen LogP contribution in [0.3, 0.4) is 0 Å². The predicted molar refractivity (Wildman–Crippen MR) is 73.1 cm³/mol. The number of hydrogen-bond donors (Lipinski definition) is 0. The van der Waals surface area contributed by atoms with Crippen molar-refractivity contribution in [1.29, 1.82) is 0 Å². The largest absolute Gasteiger partial charge is 0.461 e. The second-order valence-corrected chi connectivity index (χ2v) is 4.41. The van der Waals surface area contributed by atoms with E-state index in [0.717, 1.165) is 4.47 Å². The number of hydrogen-bond acceptors (Lipinski definition) is 3. The molecule has 0 fully saturated rings. The Morgan fingerprint density at radius 2 is 1.89 bits per heavy atom. The summed E-state index contributed by atoms with van der Waals surface area (Å²) in [5.74, 6) is -0.897. The van der Waals surface area contributed by atoms with E-state index in [-0.39, 0.29) is 18.2 Å². The molecule has 0 unspecified atom stereocenters. The summed E-state index contributed by atoms with van der Waals surface area (Å²) in [7, 11) is 0. The molecule has 0 saturated carbocycles. The lowest BCUT2D eigenvalue weighted by atomic mass is 10.2. The van der Waals surface area contributed by atoms with Gasteiger partial charge in [0.2, 0.25) is 5.91 Å². The molecule has 96 valence electrons. The first kappa shape index (κ1) is 14.4. The second kappa shape index (κ2) is 6.35. The van der Waals surface area contributed by atoms with E-state index < -0.39 is 5.97 Å². The van der Waals surface area contributed by atoms with Crippen molar-refractivity contribution in [1.82, 2.24) is 0 Å². The van der Waals surface area contributed by atoms with E-state index in [9.17, 15) is 9.59 Å². The van der Waals surface area contributed by atoms with Crippen LogP contribution in [0.1, 0.15) is 13.8 Å². The van der Waals surface area contributed by atoms with Gasteiger partial charge in [-0.2, -0.15) is 0 Å². The van der Waals surface area contributed by atoms with Gasteiger partial charge in [0.25, 0.3) is 0 Å². The number of carbonyl (C=O) groups excluding carboxylic acids is 2. The lowest BCUT2D eigenvalue weighted by Gasteiger charge is -2.22. The van der Waals surface area contributed by atoms with E-state index in [1.54, 1.807) is 31.2 Å². The van der Waals surface area contributed by atoms with Crippen molar-refractivity contribution in [2.45, 2.75) is 13.8 Å². The quantitative estimate of drug-likeness (QED) is 0.634. The first-order valence-corrected chi connectivity index (χ1v) is 6.19. The van der Waals surface area contributed by atoms with E-state index >= 15 is 0 Å². The van der Waals surface area contributed by atoms with Gasteiger partial charge in [-0.05, 0) is 31.2 Å². The summed E-state index contributed by atoms with van der Waals surface area (Å²) in [4.78, 5) is 24.5. The number of anilines is 1. The Morgan fingerprint density at radius 1 is 1.33 bits per heavy atom. The molecule has 0 aliphatic rings. The van der Waals surface area contributed by atoms with Gasteiger partial charge in [-0.3, -0.25) is 9.69 Å². The highest BCUT2D eigenvalue weighted by molar-refractivity contribution is 9.10. The minimum atomic E-state index is -0.601. The Bertz CT molecular complexity index is 468. The maximum atomic E-state index is 11.6. The number of amides is 1. The number of ether oxygens (including phenoxy) is 1. The maximum absolute atomic E-state index is 11.6. The molecule has 0 atom stereocenters. The highest BCUT2D eigenvalue weighted by atomic mass is 79.9. The van der Waals surface area contributed by atoms with Gasteiger partial charge in [0, 0.05) is 17.1 Å². The Kier molecular flexibility index (Phi) is 5.09. The van der Waals surface area contributed by atoms with Crippen LogP contribution in [-0.2, 0) is 14.3 Å². The van der Waals surface area contributed by atoms with E-state index in [1.165, 1.54) is 11.8 Å². The van der Waals surface area contributed by atoms with Crippen LogP contribution in [0.5, 0.6) is 0 Å². The average Bonchev–Trinajstić information content (AvgIpc) is 2.31. The molecule has 1 rings (SSSR count). The Labute approximate surface area is 114 Å². The lowest BCUT2D eigenvalue weighted by molar-refractivity contribution is -0.139. The van der Waals surface area contributed by atoms with E-state index in [2.05, 4.69) is 22.5 Å². The minimum Gasteiger partial charge on any atom is -0.461 e. The number of halogens is 1. The van der Waals surface area contributed by atoms with E-state index in [1.807, 2.05) is 0 Å². The minimum absolute atomic E-state index is 0.00618. The van der Waals surface area contributed by atoms with Gasteiger partial charge in [0.15, 0.2) is 0 Å². The molecular weight excluding hydrogens is 298 g/mol. The fourth-order valence-corrected chi connectivity index (χ4v) is 1.69. The topological polar surface area (TPSA) is 46.6 Å². The fraction of sp³-hybridized carbons (Fsp3) is 0.231. The summed E-state index contributed by atoms with van der Waals surface area (Å²) < 4.78 is 5.72. The smallest absolute Gasteiger partial charge is 0.354 e. The second-order valence-electron chi connectivity index (χ2n) is 3.50.